The van der Waals surface area contributed by atoms with E-state index in [1.165, 1.54) is 218 Å². The smallest absolute Gasteiger partial charge is 0.462 e. The molecule has 0 aromatic rings. The van der Waals surface area contributed by atoms with Gasteiger partial charge in [-0.1, -0.05) is 350 Å². The second-order valence-corrected chi connectivity index (χ2v) is 31.6. The molecule has 0 rings (SSSR count). The SMILES string of the molecule is CCCCCCCCCCCCCCC(=O)O[C@H](COC(=O)CCCCCCCCCCCC)COP(=O)(O)OC[C@H](O)COP(=O)(O)OC[C@@H](COC(=O)CCCCCCCCCCCCCCC(C)C)OC(=O)CCCCCCCCCCCCCCCCCCC(C)C. The lowest BCUT2D eigenvalue weighted by molar-refractivity contribution is -0.161. The molecule has 0 fully saturated rings. The summed E-state index contributed by atoms with van der Waals surface area (Å²) in [6, 6.07) is 0. The van der Waals surface area contributed by atoms with Crippen LogP contribution in [-0.2, 0) is 65.4 Å². The van der Waals surface area contributed by atoms with E-state index in [4.69, 9.17) is 37.0 Å². The number of rotatable bonds is 76. The third kappa shape index (κ3) is 70.5. The van der Waals surface area contributed by atoms with Crippen LogP contribution in [0.5, 0.6) is 0 Å². The molecular formula is C77H150O17P2. The molecule has 2 unspecified atom stereocenters. The normalized spacial score (nSPS) is 14.0. The zero-order chi connectivity index (χ0) is 70.7. The number of ether oxygens (including phenoxy) is 4. The molecular weight excluding hydrogens is 1260 g/mol. The molecule has 0 aliphatic heterocycles. The predicted octanol–water partition coefficient (Wildman–Crippen LogP) is 22.7. The van der Waals surface area contributed by atoms with Crippen molar-refractivity contribution in [1.29, 1.82) is 0 Å². The lowest BCUT2D eigenvalue weighted by Crippen LogP contribution is -2.30. The third-order valence-corrected chi connectivity index (χ3v) is 19.9. The van der Waals surface area contributed by atoms with E-state index in [0.717, 1.165) is 102 Å². The molecule has 0 saturated carbocycles. The molecule has 19 heteroatoms. The van der Waals surface area contributed by atoms with Gasteiger partial charge < -0.3 is 33.8 Å². The van der Waals surface area contributed by atoms with Crippen molar-refractivity contribution in [3.05, 3.63) is 0 Å². The fourth-order valence-electron chi connectivity index (χ4n) is 11.8. The van der Waals surface area contributed by atoms with E-state index in [0.29, 0.717) is 25.7 Å². The number of hydrogen-bond donors (Lipinski definition) is 3. The first-order valence-electron chi connectivity index (χ1n) is 40.0. The second-order valence-electron chi connectivity index (χ2n) is 28.7. The monoisotopic (exact) mass is 1410 g/mol. The van der Waals surface area contributed by atoms with Crippen LogP contribution in [0.4, 0.5) is 0 Å². The van der Waals surface area contributed by atoms with Crippen LogP contribution in [0.25, 0.3) is 0 Å². The van der Waals surface area contributed by atoms with Gasteiger partial charge in [0.1, 0.15) is 19.3 Å². The molecule has 3 N–H and O–H groups in total. The summed E-state index contributed by atoms with van der Waals surface area (Å²) in [5.41, 5.74) is 0. The zero-order valence-electron chi connectivity index (χ0n) is 62.7. The van der Waals surface area contributed by atoms with Gasteiger partial charge in [-0.2, -0.15) is 0 Å². The largest absolute Gasteiger partial charge is 0.472 e. The number of aliphatic hydroxyl groups excluding tert-OH is 1. The molecule has 5 atom stereocenters. The van der Waals surface area contributed by atoms with Crippen LogP contribution >= 0.6 is 15.6 Å². The average Bonchev–Trinajstić information content (AvgIpc) is 1.12. The summed E-state index contributed by atoms with van der Waals surface area (Å²) in [4.78, 5) is 72.8. The van der Waals surface area contributed by atoms with Gasteiger partial charge >= 0.3 is 39.5 Å². The quantitative estimate of drug-likeness (QED) is 0.0222. The molecule has 570 valence electrons. The maximum Gasteiger partial charge on any atom is 0.472 e. The molecule has 0 spiro atoms. The first kappa shape index (κ1) is 94.1. The van der Waals surface area contributed by atoms with E-state index < -0.39 is 97.5 Å². The molecule has 0 aromatic carbocycles. The Kier molecular flexibility index (Phi) is 67.4. The van der Waals surface area contributed by atoms with Crippen LogP contribution in [0.1, 0.15) is 401 Å². The maximum atomic E-state index is 13.1. The van der Waals surface area contributed by atoms with Crippen molar-refractivity contribution in [2.75, 3.05) is 39.6 Å². The number of unbranched alkanes of at least 4 members (excludes halogenated alkanes) is 46. The number of phosphoric acid groups is 2. The fraction of sp³-hybridized carbons (Fsp3) is 0.948. The molecule has 96 heavy (non-hydrogen) atoms. The van der Waals surface area contributed by atoms with Crippen molar-refractivity contribution in [2.24, 2.45) is 11.8 Å². The van der Waals surface area contributed by atoms with E-state index in [1.54, 1.807) is 0 Å². The second kappa shape index (κ2) is 68.8. The van der Waals surface area contributed by atoms with Gasteiger partial charge in [0.05, 0.1) is 26.4 Å². The Hall–Kier alpha value is -1.94. The van der Waals surface area contributed by atoms with Crippen molar-refractivity contribution in [1.82, 2.24) is 0 Å². The standard InChI is InChI=1S/C77H150O17P2/c1-7-9-11-13-15-17-19-30-37-43-49-55-61-76(81)93-72(65-87-74(79)59-53-47-41-35-18-16-14-12-10-8-2)67-91-95(83,84)89-63-71(78)64-90-96(85,86)92-68-73(66-88-75(80)60-54-48-42-36-31-27-26-29-34-40-46-52-58-70(5)6)94-77(82)62-56-50-44-38-32-25-23-21-20-22-24-28-33-39-45-51-57-69(3)4/h69-73,78H,7-68H2,1-6H3,(H,83,84)(H,85,86)/t71-,72+,73+/m0/s1. The highest BCUT2D eigenvalue weighted by molar-refractivity contribution is 7.47. The summed E-state index contributed by atoms with van der Waals surface area (Å²) in [5, 5.41) is 10.6. The highest BCUT2D eigenvalue weighted by Gasteiger charge is 2.30. The molecule has 0 aliphatic carbocycles. The number of carbonyl (C=O) groups is 4. The Morgan fingerprint density at radius 2 is 0.479 bits per heavy atom. The van der Waals surface area contributed by atoms with Gasteiger partial charge in [-0.15, -0.1) is 0 Å². The Morgan fingerprint density at radius 1 is 0.281 bits per heavy atom. The van der Waals surface area contributed by atoms with E-state index in [9.17, 15) is 43.2 Å². The van der Waals surface area contributed by atoms with E-state index in [2.05, 4.69) is 41.5 Å². The molecule has 0 saturated heterocycles. The van der Waals surface area contributed by atoms with Crippen LogP contribution in [0.3, 0.4) is 0 Å². The molecule has 0 radical (unpaired) electrons. The number of hydrogen-bond acceptors (Lipinski definition) is 15. The van der Waals surface area contributed by atoms with Crippen LogP contribution < -0.4 is 0 Å². The molecule has 17 nitrogen and oxygen atoms in total. The summed E-state index contributed by atoms with van der Waals surface area (Å²) in [6.45, 7) is 9.64. The van der Waals surface area contributed by atoms with Gasteiger partial charge in [0.15, 0.2) is 12.2 Å². The third-order valence-electron chi connectivity index (χ3n) is 18.0. The molecule has 0 aliphatic rings. The van der Waals surface area contributed by atoms with Crippen molar-refractivity contribution >= 4 is 39.5 Å². The Bertz CT molecular complexity index is 1860. The predicted molar refractivity (Wildman–Crippen MR) is 391 cm³/mol. The van der Waals surface area contributed by atoms with Crippen LogP contribution in [0.15, 0.2) is 0 Å². The van der Waals surface area contributed by atoms with Gasteiger partial charge in [-0.25, -0.2) is 9.13 Å². The lowest BCUT2D eigenvalue weighted by atomic mass is 10.0. The first-order chi connectivity index (χ1) is 46.4. The van der Waals surface area contributed by atoms with E-state index in [-0.39, 0.29) is 25.7 Å². The molecule has 0 amide bonds. The zero-order valence-corrected chi connectivity index (χ0v) is 64.5. The molecule has 0 aromatic heterocycles. The van der Waals surface area contributed by atoms with E-state index in [1.807, 2.05) is 0 Å². The van der Waals surface area contributed by atoms with Crippen molar-refractivity contribution in [2.45, 2.75) is 419 Å². The average molecular weight is 1410 g/mol. The Labute approximate surface area is 588 Å². The van der Waals surface area contributed by atoms with Gasteiger partial charge in [0.2, 0.25) is 0 Å². The van der Waals surface area contributed by atoms with Gasteiger partial charge in [0, 0.05) is 25.7 Å². The minimum absolute atomic E-state index is 0.108. The molecule has 0 bridgehead atoms. The number of carbonyl (C=O) groups excluding carboxylic acids is 4. The summed E-state index contributed by atoms with van der Waals surface area (Å²) >= 11 is 0. The van der Waals surface area contributed by atoms with Gasteiger partial charge in [-0.3, -0.25) is 37.3 Å². The van der Waals surface area contributed by atoms with E-state index >= 15 is 0 Å². The minimum atomic E-state index is -4.96. The first-order valence-corrected chi connectivity index (χ1v) is 43.0. The fourth-order valence-corrected chi connectivity index (χ4v) is 13.4. The summed E-state index contributed by atoms with van der Waals surface area (Å²) in [6.07, 6.45) is 56.7. The Balaban J connectivity index is 5.23. The lowest BCUT2D eigenvalue weighted by Gasteiger charge is -2.21. The van der Waals surface area contributed by atoms with Crippen LogP contribution in [0, 0.1) is 11.8 Å². The highest BCUT2D eigenvalue weighted by Crippen LogP contribution is 2.45. The van der Waals surface area contributed by atoms with Crippen LogP contribution in [-0.4, -0.2) is 96.7 Å². The number of phosphoric ester groups is 2. The van der Waals surface area contributed by atoms with Gasteiger partial charge in [-0.05, 0) is 37.5 Å². The maximum absolute atomic E-state index is 13.1. The van der Waals surface area contributed by atoms with Crippen molar-refractivity contribution < 1.29 is 80.2 Å². The Morgan fingerprint density at radius 3 is 0.708 bits per heavy atom. The summed E-state index contributed by atoms with van der Waals surface area (Å²) in [7, 11) is -9.91. The number of aliphatic hydroxyl groups is 1. The highest BCUT2D eigenvalue weighted by atomic mass is 31.2. The van der Waals surface area contributed by atoms with Crippen LogP contribution in [0.2, 0.25) is 0 Å². The van der Waals surface area contributed by atoms with Gasteiger partial charge in [0.25, 0.3) is 0 Å². The molecule has 0 heterocycles. The minimum Gasteiger partial charge on any atom is -0.462 e. The summed E-state index contributed by atoms with van der Waals surface area (Å²) in [5.74, 6) is -0.522. The topological polar surface area (TPSA) is 237 Å². The van der Waals surface area contributed by atoms with Crippen molar-refractivity contribution in [3.63, 3.8) is 0 Å². The summed E-state index contributed by atoms with van der Waals surface area (Å²) < 4.78 is 68.5. The van der Waals surface area contributed by atoms with Crippen molar-refractivity contribution in [3.8, 4) is 0 Å². The number of esters is 4.